The average Bonchev–Trinajstić information content (AvgIpc) is 2.54. The van der Waals surface area contributed by atoms with Crippen LogP contribution >= 0.6 is 0 Å². The van der Waals surface area contributed by atoms with Crippen LogP contribution in [0.4, 0.5) is 0 Å². The monoisotopic (exact) mass is 208 g/mol. The number of hydrogen-bond acceptors (Lipinski definition) is 3. The Morgan fingerprint density at radius 3 is 2.53 bits per heavy atom. The molecule has 0 aromatic carbocycles. The summed E-state index contributed by atoms with van der Waals surface area (Å²) in [5, 5.41) is 0. The molecule has 3 heteroatoms. The number of carbonyl (C=O) groups is 2. The Hall–Kier alpha value is -1.38. The van der Waals surface area contributed by atoms with E-state index in [4.69, 9.17) is 0 Å². The van der Waals surface area contributed by atoms with E-state index in [0.717, 1.165) is 6.42 Å². The number of cyclic esters (lactones) is 2. The summed E-state index contributed by atoms with van der Waals surface area (Å²) in [5.74, 6) is -0.893. The van der Waals surface area contributed by atoms with Crippen LogP contribution in [0.25, 0.3) is 0 Å². The zero-order valence-corrected chi connectivity index (χ0v) is 8.94. The van der Waals surface area contributed by atoms with Gasteiger partial charge in [0.1, 0.15) is 0 Å². The SMILES string of the molecule is C=CC(C)CC(C=C)C1CC(=O)OC1=O. The van der Waals surface area contributed by atoms with Gasteiger partial charge < -0.3 is 4.74 Å². The van der Waals surface area contributed by atoms with Gasteiger partial charge in [0.15, 0.2) is 0 Å². The van der Waals surface area contributed by atoms with E-state index in [1.807, 2.05) is 13.0 Å². The molecule has 3 nitrogen and oxygen atoms in total. The zero-order valence-electron chi connectivity index (χ0n) is 8.94. The van der Waals surface area contributed by atoms with E-state index in [1.165, 1.54) is 0 Å². The molecule has 82 valence electrons. The van der Waals surface area contributed by atoms with Gasteiger partial charge >= 0.3 is 11.9 Å². The third kappa shape index (κ3) is 2.78. The molecular weight excluding hydrogens is 192 g/mol. The van der Waals surface area contributed by atoms with Crippen molar-refractivity contribution in [3.8, 4) is 0 Å². The molecule has 0 spiro atoms. The summed E-state index contributed by atoms with van der Waals surface area (Å²) in [6, 6.07) is 0. The minimum absolute atomic E-state index is 0.00282. The molecule has 0 aromatic rings. The highest BCUT2D eigenvalue weighted by molar-refractivity contribution is 5.94. The van der Waals surface area contributed by atoms with Gasteiger partial charge in [-0.25, -0.2) is 0 Å². The molecule has 3 unspecified atom stereocenters. The summed E-state index contributed by atoms with van der Waals surface area (Å²) in [4.78, 5) is 22.3. The Labute approximate surface area is 89.8 Å². The molecule has 1 heterocycles. The van der Waals surface area contributed by atoms with Crippen LogP contribution in [0.1, 0.15) is 19.8 Å². The fraction of sp³-hybridized carbons (Fsp3) is 0.500. The summed E-state index contributed by atoms with van der Waals surface area (Å²) in [7, 11) is 0. The molecule has 0 saturated carbocycles. The molecule has 0 bridgehead atoms. The van der Waals surface area contributed by atoms with E-state index in [1.54, 1.807) is 6.08 Å². The van der Waals surface area contributed by atoms with Gasteiger partial charge in [0, 0.05) is 0 Å². The third-order valence-corrected chi connectivity index (χ3v) is 2.77. The van der Waals surface area contributed by atoms with Crippen LogP contribution in [0.3, 0.4) is 0 Å². The number of ether oxygens (including phenoxy) is 1. The Morgan fingerprint density at radius 1 is 1.47 bits per heavy atom. The lowest BCUT2D eigenvalue weighted by Crippen LogP contribution is -2.19. The van der Waals surface area contributed by atoms with Crippen molar-refractivity contribution >= 4 is 11.9 Å². The maximum absolute atomic E-state index is 11.3. The predicted molar refractivity (Wildman–Crippen MR) is 56.9 cm³/mol. The number of rotatable bonds is 5. The van der Waals surface area contributed by atoms with Gasteiger partial charge in [0.2, 0.25) is 0 Å². The standard InChI is InChI=1S/C12H16O3/c1-4-8(3)6-9(5-2)10-7-11(13)15-12(10)14/h4-5,8-10H,1-2,6-7H2,3H3. The molecule has 1 rings (SSSR count). The van der Waals surface area contributed by atoms with E-state index in [0.29, 0.717) is 5.92 Å². The van der Waals surface area contributed by atoms with Gasteiger partial charge in [0.05, 0.1) is 12.3 Å². The zero-order chi connectivity index (χ0) is 11.4. The van der Waals surface area contributed by atoms with Crippen molar-refractivity contribution in [2.45, 2.75) is 19.8 Å². The van der Waals surface area contributed by atoms with Crippen molar-refractivity contribution in [2.24, 2.45) is 17.8 Å². The van der Waals surface area contributed by atoms with Gasteiger partial charge in [-0.15, -0.1) is 13.2 Å². The maximum atomic E-state index is 11.3. The Morgan fingerprint density at radius 2 is 2.13 bits per heavy atom. The van der Waals surface area contributed by atoms with Crippen LogP contribution in [-0.4, -0.2) is 11.9 Å². The van der Waals surface area contributed by atoms with Crippen LogP contribution in [0.2, 0.25) is 0 Å². The topological polar surface area (TPSA) is 43.4 Å². The van der Waals surface area contributed by atoms with Crippen LogP contribution in [0.15, 0.2) is 25.3 Å². The molecule has 0 aromatic heterocycles. The van der Waals surface area contributed by atoms with Gasteiger partial charge in [0.25, 0.3) is 0 Å². The molecule has 0 amide bonds. The highest BCUT2D eigenvalue weighted by Crippen LogP contribution is 2.30. The molecule has 1 fully saturated rings. The van der Waals surface area contributed by atoms with Crippen molar-refractivity contribution in [3.05, 3.63) is 25.3 Å². The third-order valence-electron chi connectivity index (χ3n) is 2.77. The van der Waals surface area contributed by atoms with Crippen LogP contribution in [-0.2, 0) is 14.3 Å². The minimum Gasteiger partial charge on any atom is -0.393 e. The molecule has 0 aliphatic carbocycles. The Balaban J connectivity index is 2.66. The first-order valence-corrected chi connectivity index (χ1v) is 5.08. The van der Waals surface area contributed by atoms with Gasteiger partial charge in [-0.3, -0.25) is 9.59 Å². The second-order valence-electron chi connectivity index (χ2n) is 3.95. The first-order valence-electron chi connectivity index (χ1n) is 5.08. The number of carbonyl (C=O) groups excluding carboxylic acids is 2. The average molecular weight is 208 g/mol. The summed E-state index contributed by atoms with van der Waals surface area (Å²) in [6.07, 6.45) is 4.52. The van der Waals surface area contributed by atoms with Crippen LogP contribution in [0.5, 0.6) is 0 Å². The van der Waals surface area contributed by atoms with E-state index in [-0.39, 0.29) is 18.3 Å². The smallest absolute Gasteiger partial charge is 0.317 e. The van der Waals surface area contributed by atoms with E-state index in [2.05, 4.69) is 17.9 Å². The second-order valence-corrected chi connectivity index (χ2v) is 3.95. The summed E-state index contributed by atoms with van der Waals surface area (Å²) in [5.41, 5.74) is 0. The summed E-state index contributed by atoms with van der Waals surface area (Å²) < 4.78 is 4.52. The lowest BCUT2D eigenvalue weighted by molar-refractivity contribution is -0.153. The molecule has 1 aliphatic rings. The predicted octanol–water partition coefficient (Wildman–Crippen LogP) is 2.09. The molecule has 1 aliphatic heterocycles. The summed E-state index contributed by atoms with van der Waals surface area (Å²) >= 11 is 0. The van der Waals surface area contributed by atoms with E-state index < -0.39 is 11.9 Å². The lowest BCUT2D eigenvalue weighted by atomic mass is 9.84. The Bertz CT molecular complexity index is 293. The van der Waals surface area contributed by atoms with E-state index in [9.17, 15) is 9.59 Å². The van der Waals surface area contributed by atoms with E-state index >= 15 is 0 Å². The molecule has 0 N–H and O–H groups in total. The number of esters is 2. The first-order chi connectivity index (χ1) is 7.08. The van der Waals surface area contributed by atoms with Gasteiger partial charge in [-0.05, 0) is 18.3 Å². The number of allylic oxidation sites excluding steroid dienone is 2. The fourth-order valence-corrected chi connectivity index (χ4v) is 1.77. The van der Waals surface area contributed by atoms with Crippen LogP contribution < -0.4 is 0 Å². The highest BCUT2D eigenvalue weighted by Gasteiger charge is 2.38. The molecule has 15 heavy (non-hydrogen) atoms. The van der Waals surface area contributed by atoms with Crippen molar-refractivity contribution in [1.82, 2.24) is 0 Å². The van der Waals surface area contributed by atoms with Gasteiger partial charge in [-0.1, -0.05) is 19.1 Å². The second kappa shape index (κ2) is 4.91. The van der Waals surface area contributed by atoms with Crippen molar-refractivity contribution in [1.29, 1.82) is 0 Å². The first kappa shape index (κ1) is 11.7. The van der Waals surface area contributed by atoms with Crippen molar-refractivity contribution < 1.29 is 14.3 Å². The number of hydrogen-bond donors (Lipinski definition) is 0. The molecule has 3 atom stereocenters. The quantitative estimate of drug-likeness (QED) is 0.395. The molecule has 0 radical (unpaired) electrons. The minimum atomic E-state index is -0.428. The molecular formula is C12H16O3. The van der Waals surface area contributed by atoms with Crippen molar-refractivity contribution in [2.75, 3.05) is 0 Å². The lowest BCUT2D eigenvalue weighted by Gasteiger charge is -2.18. The maximum Gasteiger partial charge on any atom is 0.317 e. The summed E-state index contributed by atoms with van der Waals surface area (Å²) in [6.45, 7) is 9.41. The highest BCUT2D eigenvalue weighted by atomic mass is 16.6. The fourth-order valence-electron chi connectivity index (χ4n) is 1.77. The van der Waals surface area contributed by atoms with Crippen molar-refractivity contribution in [3.63, 3.8) is 0 Å². The molecule has 1 saturated heterocycles. The Kier molecular flexibility index (Phi) is 3.83. The largest absolute Gasteiger partial charge is 0.393 e. The normalized spacial score (nSPS) is 24.5. The van der Waals surface area contributed by atoms with Gasteiger partial charge in [-0.2, -0.15) is 0 Å². The van der Waals surface area contributed by atoms with Crippen LogP contribution in [0, 0.1) is 17.8 Å².